The number of carbonyl (C=O) groups is 2. The summed E-state index contributed by atoms with van der Waals surface area (Å²) in [7, 11) is 2.99. The van der Waals surface area contributed by atoms with Crippen molar-refractivity contribution >= 4 is 28.5 Å². The zero-order valence-electron chi connectivity index (χ0n) is 10.5. The van der Waals surface area contributed by atoms with Crippen molar-refractivity contribution in [3.63, 3.8) is 0 Å². The summed E-state index contributed by atoms with van der Waals surface area (Å²) < 4.78 is 11.2. The SMILES string of the molecule is COc1c(C(C)CC=O)cc(Br)c(C=O)c1OC. The van der Waals surface area contributed by atoms with Gasteiger partial charge in [0.15, 0.2) is 17.8 Å². The van der Waals surface area contributed by atoms with Crippen molar-refractivity contribution in [3.8, 4) is 11.5 Å². The van der Waals surface area contributed by atoms with Gasteiger partial charge in [0.05, 0.1) is 19.8 Å². The number of ether oxygens (including phenoxy) is 2. The fraction of sp³-hybridized carbons (Fsp3) is 0.385. The molecule has 1 rings (SSSR count). The van der Waals surface area contributed by atoms with Crippen LogP contribution in [0.4, 0.5) is 0 Å². The predicted octanol–water partition coefficient (Wildman–Crippen LogP) is 2.97. The largest absolute Gasteiger partial charge is 0.493 e. The maximum absolute atomic E-state index is 11.1. The normalized spacial score (nSPS) is 11.8. The lowest BCUT2D eigenvalue weighted by atomic mass is 9.95. The van der Waals surface area contributed by atoms with E-state index in [1.807, 2.05) is 6.92 Å². The number of halogens is 1. The van der Waals surface area contributed by atoms with Gasteiger partial charge in [-0.3, -0.25) is 4.79 Å². The Balaban J connectivity index is 3.48. The lowest BCUT2D eigenvalue weighted by Crippen LogP contribution is -2.04. The van der Waals surface area contributed by atoms with Gasteiger partial charge < -0.3 is 14.3 Å². The molecule has 0 radical (unpaired) electrons. The van der Waals surface area contributed by atoms with Crippen molar-refractivity contribution in [3.05, 3.63) is 21.7 Å². The van der Waals surface area contributed by atoms with Gasteiger partial charge in [-0.1, -0.05) is 6.92 Å². The van der Waals surface area contributed by atoms with Crippen LogP contribution in [0.1, 0.15) is 35.2 Å². The Kier molecular flexibility index (Phi) is 5.34. The molecule has 0 saturated carbocycles. The van der Waals surface area contributed by atoms with Gasteiger partial charge >= 0.3 is 0 Å². The molecule has 0 spiro atoms. The number of carbonyl (C=O) groups excluding carboxylic acids is 2. The van der Waals surface area contributed by atoms with E-state index < -0.39 is 0 Å². The van der Waals surface area contributed by atoms with Crippen LogP contribution in [-0.4, -0.2) is 26.8 Å². The lowest BCUT2D eigenvalue weighted by Gasteiger charge is -2.18. The van der Waals surface area contributed by atoms with Crippen LogP contribution in [0.25, 0.3) is 0 Å². The van der Waals surface area contributed by atoms with Gasteiger partial charge in [-0.2, -0.15) is 0 Å². The molecule has 5 heteroatoms. The summed E-state index contributed by atoms with van der Waals surface area (Å²) in [5, 5.41) is 0. The van der Waals surface area contributed by atoms with Gasteiger partial charge in [-0.25, -0.2) is 0 Å². The average Bonchev–Trinajstić information content (AvgIpc) is 2.37. The van der Waals surface area contributed by atoms with E-state index in [1.165, 1.54) is 14.2 Å². The molecule has 1 unspecified atom stereocenters. The third-order valence-electron chi connectivity index (χ3n) is 2.76. The number of hydrogen-bond donors (Lipinski definition) is 0. The summed E-state index contributed by atoms with van der Waals surface area (Å²) in [6.07, 6.45) is 1.95. The smallest absolute Gasteiger partial charge is 0.172 e. The summed E-state index contributed by atoms with van der Waals surface area (Å²) in [6, 6.07) is 1.79. The zero-order valence-corrected chi connectivity index (χ0v) is 12.1. The second-order valence-corrected chi connectivity index (χ2v) is 4.70. The first-order valence-electron chi connectivity index (χ1n) is 5.43. The van der Waals surface area contributed by atoms with Gasteiger partial charge in [-0.05, 0) is 27.9 Å². The van der Waals surface area contributed by atoms with E-state index >= 15 is 0 Å². The van der Waals surface area contributed by atoms with Crippen molar-refractivity contribution < 1.29 is 19.1 Å². The third kappa shape index (κ3) is 2.72. The van der Waals surface area contributed by atoms with Crippen molar-refractivity contribution in [2.75, 3.05) is 14.2 Å². The molecule has 1 atom stereocenters. The van der Waals surface area contributed by atoms with Gasteiger partial charge in [0.25, 0.3) is 0 Å². The lowest BCUT2D eigenvalue weighted by molar-refractivity contribution is -0.108. The molecule has 0 fully saturated rings. The quantitative estimate of drug-likeness (QED) is 0.757. The Morgan fingerprint density at radius 1 is 1.28 bits per heavy atom. The molecule has 0 saturated heterocycles. The Bertz CT molecular complexity index is 457. The third-order valence-corrected chi connectivity index (χ3v) is 3.42. The summed E-state index contributed by atoms with van der Waals surface area (Å²) in [5.41, 5.74) is 1.23. The first-order valence-corrected chi connectivity index (χ1v) is 6.23. The molecule has 0 bridgehead atoms. The minimum absolute atomic E-state index is 0.0108. The van der Waals surface area contributed by atoms with E-state index in [0.29, 0.717) is 34.2 Å². The maximum atomic E-state index is 11.1. The van der Waals surface area contributed by atoms with Crippen LogP contribution in [0.2, 0.25) is 0 Å². The van der Waals surface area contributed by atoms with Gasteiger partial charge in [-0.15, -0.1) is 0 Å². The van der Waals surface area contributed by atoms with Gasteiger partial charge in [0, 0.05) is 16.5 Å². The molecule has 0 heterocycles. The highest BCUT2D eigenvalue weighted by Crippen LogP contribution is 2.42. The second-order valence-electron chi connectivity index (χ2n) is 3.85. The monoisotopic (exact) mass is 314 g/mol. The van der Waals surface area contributed by atoms with Crippen LogP contribution in [0.3, 0.4) is 0 Å². The van der Waals surface area contributed by atoms with Crippen LogP contribution in [0, 0.1) is 0 Å². The first kappa shape index (κ1) is 14.7. The summed E-state index contributed by atoms with van der Waals surface area (Å²) >= 11 is 3.33. The molecular formula is C13H15BrO4. The van der Waals surface area contributed by atoms with Crippen LogP contribution in [0.5, 0.6) is 11.5 Å². The predicted molar refractivity (Wildman–Crippen MR) is 71.7 cm³/mol. The maximum Gasteiger partial charge on any atom is 0.172 e. The summed E-state index contributed by atoms with van der Waals surface area (Å²) in [4.78, 5) is 21.7. The molecule has 1 aromatic rings. The Morgan fingerprint density at radius 2 is 1.89 bits per heavy atom. The highest BCUT2D eigenvalue weighted by molar-refractivity contribution is 9.10. The van der Waals surface area contributed by atoms with Gasteiger partial charge in [0.1, 0.15) is 6.29 Å². The first-order chi connectivity index (χ1) is 8.60. The topological polar surface area (TPSA) is 52.6 Å². The molecule has 0 aromatic heterocycles. The molecule has 0 amide bonds. The number of benzene rings is 1. The van der Waals surface area contributed by atoms with Gasteiger partial charge in [0.2, 0.25) is 0 Å². The summed E-state index contributed by atoms with van der Waals surface area (Å²) in [5.74, 6) is 0.870. The minimum Gasteiger partial charge on any atom is -0.493 e. The average molecular weight is 315 g/mol. The van der Waals surface area contributed by atoms with E-state index in [4.69, 9.17) is 9.47 Å². The second kappa shape index (κ2) is 6.54. The highest BCUT2D eigenvalue weighted by Gasteiger charge is 2.21. The fourth-order valence-electron chi connectivity index (χ4n) is 1.80. The fourth-order valence-corrected chi connectivity index (χ4v) is 2.32. The number of aldehydes is 2. The van der Waals surface area contributed by atoms with E-state index in [-0.39, 0.29) is 5.92 Å². The minimum atomic E-state index is -0.0108. The van der Waals surface area contributed by atoms with Crippen LogP contribution in [0.15, 0.2) is 10.5 Å². The Morgan fingerprint density at radius 3 is 2.33 bits per heavy atom. The van der Waals surface area contributed by atoms with E-state index in [1.54, 1.807) is 6.07 Å². The van der Waals surface area contributed by atoms with Crippen LogP contribution >= 0.6 is 15.9 Å². The van der Waals surface area contributed by atoms with Crippen LogP contribution < -0.4 is 9.47 Å². The van der Waals surface area contributed by atoms with E-state index in [0.717, 1.165) is 11.8 Å². The molecule has 0 aliphatic carbocycles. The van der Waals surface area contributed by atoms with Crippen molar-refractivity contribution in [2.45, 2.75) is 19.3 Å². The summed E-state index contributed by atoms with van der Waals surface area (Å²) in [6.45, 7) is 1.92. The molecule has 4 nitrogen and oxygen atoms in total. The number of hydrogen-bond acceptors (Lipinski definition) is 4. The van der Waals surface area contributed by atoms with Crippen molar-refractivity contribution in [1.82, 2.24) is 0 Å². The Hall–Kier alpha value is -1.36. The Labute approximate surface area is 114 Å². The molecule has 0 aliphatic heterocycles. The molecule has 98 valence electrons. The van der Waals surface area contributed by atoms with E-state index in [2.05, 4.69) is 15.9 Å². The van der Waals surface area contributed by atoms with Crippen LogP contribution in [-0.2, 0) is 4.79 Å². The standard InChI is InChI=1S/C13H15BrO4/c1-8(4-5-15)9-6-11(14)10(7-16)13(18-3)12(9)17-2/h5-8H,4H2,1-3H3. The van der Waals surface area contributed by atoms with E-state index in [9.17, 15) is 9.59 Å². The molecule has 18 heavy (non-hydrogen) atoms. The highest BCUT2D eigenvalue weighted by atomic mass is 79.9. The molecule has 0 aliphatic rings. The molecular weight excluding hydrogens is 300 g/mol. The zero-order chi connectivity index (χ0) is 13.7. The number of methoxy groups -OCH3 is 2. The molecule has 1 aromatic carbocycles. The van der Waals surface area contributed by atoms with Crippen molar-refractivity contribution in [1.29, 1.82) is 0 Å². The van der Waals surface area contributed by atoms with Crippen molar-refractivity contribution in [2.24, 2.45) is 0 Å². The number of rotatable bonds is 6. The molecule has 0 N–H and O–H groups in total.